The molecule has 24 heavy (non-hydrogen) atoms. The molecule has 1 N–H and O–H groups in total. The maximum Gasteiger partial charge on any atom is 0.292 e. The molecule has 0 bridgehead atoms. The summed E-state index contributed by atoms with van der Waals surface area (Å²) in [5.74, 6) is 0.530. The smallest absolute Gasteiger partial charge is 0.292 e. The lowest BCUT2D eigenvalue weighted by Crippen LogP contribution is -2.35. The van der Waals surface area contributed by atoms with Gasteiger partial charge in [-0.15, -0.1) is 0 Å². The standard InChI is InChI=1S/C18H22N4O2/c1-14-3-2-4-17(22(23)24)18(14)20-13-15-7-11-21(12-8-15)16-5-9-19-10-6-16/h2-6,9-10,15,20H,7-8,11-13H2,1H3. The van der Waals surface area contributed by atoms with Gasteiger partial charge in [-0.3, -0.25) is 15.1 Å². The van der Waals surface area contributed by atoms with E-state index in [1.54, 1.807) is 12.1 Å². The van der Waals surface area contributed by atoms with Crippen molar-refractivity contribution in [2.24, 2.45) is 5.92 Å². The zero-order chi connectivity index (χ0) is 16.9. The first-order valence-corrected chi connectivity index (χ1v) is 8.28. The van der Waals surface area contributed by atoms with Crippen molar-refractivity contribution < 1.29 is 4.92 Å². The molecule has 1 aromatic heterocycles. The minimum atomic E-state index is -0.318. The minimum Gasteiger partial charge on any atom is -0.379 e. The molecule has 0 atom stereocenters. The van der Waals surface area contributed by atoms with Gasteiger partial charge in [-0.2, -0.15) is 0 Å². The monoisotopic (exact) mass is 326 g/mol. The maximum atomic E-state index is 11.2. The second-order valence-corrected chi connectivity index (χ2v) is 6.24. The predicted molar refractivity (Wildman–Crippen MR) is 95.5 cm³/mol. The molecular weight excluding hydrogens is 304 g/mol. The maximum absolute atomic E-state index is 11.2. The molecule has 6 nitrogen and oxygen atoms in total. The lowest BCUT2D eigenvalue weighted by molar-refractivity contribution is -0.384. The molecule has 1 saturated heterocycles. The van der Waals surface area contributed by atoms with Crippen molar-refractivity contribution in [3.63, 3.8) is 0 Å². The lowest BCUT2D eigenvalue weighted by Gasteiger charge is -2.33. The summed E-state index contributed by atoms with van der Waals surface area (Å²) in [6.45, 7) is 4.69. The Morgan fingerprint density at radius 2 is 1.96 bits per heavy atom. The normalized spacial score (nSPS) is 15.3. The largest absolute Gasteiger partial charge is 0.379 e. The van der Waals surface area contributed by atoms with Crippen LogP contribution in [-0.2, 0) is 0 Å². The van der Waals surface area contributed by atoms with E-state index in [0.717, 1.165) is 38.0 Å². The fourth-order valence-electron chi connectivity index (χ4n) is 3.23. The van der Waals surface area contributed by atoms with E-state index in [9.17, 15) is 10.1 Å². The SMILES string of the molecule is Cc1cccc([N+](=O)[O-])c1NCC1CCN(c2ccncc2)CC1. The molecule has 1 aromatic carbocycles. The van der Waals surface area contributed by atoms with Gasteiger partial charge in [0, 0.05) is 43.8 Å². The van der Waals surface area contributed by atoms with Crippen LogP contribution in [0.1, 0.15) is 18.4 Å². The summed E-state index contributed by atoms with van der Waals surface area (Å²) in [4.78, 5) is 17.3. The van der Waals surface area contributed by atoms with E-state index in [-0.39, 0.29) is 10.6 Å². The van der Waals surface area contributed by atoms with Gasteiger partial charge in [0.05, 0.1) is 4.92 Å². The van der Waals surface area contributed by atoms with Crippen molar-refractivity contribution in [1.82, 2.24) is 4.98 Å². The van der Waals surface area contributed by atoms with Gasteiger partial charge in [0.1, 0.15) is 5.69 Å². The molecule has 1 fully saturated rings. The molecule has 3 rings (SSSR count). The van der Waals surface area contributed by atoms with E-state index in [2.05, 4.69) is 15.2 Å². The van der Waals surface area contributed by atoms with Crippen LogP contribution in [-0.4, -0.2) is 29.5 Å². The van der Waals surface area contributed by atoms with Gasteiger partial charge in [-0.05, 0) is 43.4 Å². The highest BCUT2D eigenvalue weighted by atomic mass is 16.6. The quantitative estimate of drug-likeness (QED) is 0.671. The first-order valence-electron chi connectivity index (χ1n) is 8.28. The summed E-state index contributed by atoms with van der Waals surface area (Å²) in [7, 11) is 0. The Morgan fingerprint density at radius 3 is 2.62 bits per heavy atom. The molecule has 6 heteroatoms. The topological polar surface area (TPSA) is 71.3 Å². The number of nitro groups is 1. The van der Waals surface area contributed by atoms with Gasteiger partial charge in [0.2, 0.25) is 0 Å². The third-order valence-electron chi connectivity index (χ3n) is 4.66. The van der Waals surface area contributed by atoms with E-state index < -0.39 is 0 Å². The first kappa shape index (κ1) is 16.2. The van der Waals surface area contributed by atoms with Crippen molar-refractivity contribution in [3.8, 4) is 0 Å². The fraction of sp³-hybridized carbons (Fsp3) is 0.389. The van der Waals surface area contributed by atoms with Gasteiger partial charge in [-0.1, -0.05) is 12.1 Å². The van der Waals surface area contributed by atoms with E-state index in [1.165, 1.54) is 5.69 Å². The Morgan fingerprint density at radius 1 is 1.25 bits per heavy atom. The Kier molecular flexibility index (Phi) is 4.93. The number of piperidine rings is 1. The number of nitrogens with one attached hydrogen (secondary N) is 1. The number of pyridine rings is 1. The van der Waals surface area contributed by atoms with E-state index in [0.29, 0.717) is 11.6 Å². The molecule has 1 aliphatic rings. The zero-order valence-electron chi connectivity index (χ0n) is 13.8. The predicted octanol–water partition coefficient (Wildman–Crippen LogP) is 3.63. The Balaban J connectivity index is 1.57. The molecule has 0 spiro atoms. The van der Waals surface area contributed by atoms with Crippen molar-refractivity contribution in [3.05, 3.63) is 58.4 Å². The van der Waals surface area contributed by atoms with Gasteiger partial charge in [-0.25, -0.2) is 0 Å². The van der Waals surface area contributed by atoms with Crippen LogP contribution in [0, 0.1) is 23.0 Å². The number of anilines is 2. The minimum absolute atomic E-state index is 0.157. The van der Waals surface area contributed by atoms with Crippen LogP contribution in [0.3, 0.4) is 0 Å². The summed E-state index contributed by atoms with van der Waals surface area (Å²) >= 11 is 0. The third kappa shape index (κ3) is 3.64. The third-order valence-corrected chi connectivity index (χ3v) is 4.66. The average molecular weight is 326 g/mol. The van der Waals surface area contributed by atoms with Crippen LogP contribution >= 0.6 is 0 Å². The summed E-state index contributed by atoms with van der Waals surface area (Å²) in [6.07, 6.45) is 5.80. The first-order chi connectivity index (χ1) is 11.6. The van der Waals surface area contributed by atoms with Crippen LogP contribution in [0.2, 0.25) is 0 Å². The highest BCUT2D eigenvalue weighted by Crippen LogP contribution is 2.29. The van der Waals surface area contributed by atoms with Crippen LogP contribution in [0.4, 0.5) is 17.1 Å². The van der Waals surface area contributed by atoms with Crippen LogP contribution in [0.5, 0.6) is 0 Å². The number of hydrogen-bond donors (Lipinski definition) is 1. The van der Waals surface area contributed by atoms with Crippen molar-refractivity contribution in [2.75, 3.05) is 29.9 Å². The molecule has 2 heterocycles. The molecule has 0 saturated carbocycles. The Hall–Kier alpha value is -2.63. The number of aryl methyl sites for hydroxylation is 1. The second kappa shape index (κ2) is 7.29. The number of nitrogens with zero attached hydrogens (tertiary/aromatic N) is 3. The van der Waals surface area contributed by atoms with Crippen LogP contribution < -0.4 is 10.2 Å². The number of hydrogen-bond acceptors (Lipinski definition) is 5. The number of nitro benzene ring substituents is 1. The second-order valence-electron chi connectivity index (χ2n) is 6.24. The summed E-state index contributed by atoms with van der Waals surface area (Å²) < 4.78 is 0. The lowest BCUT2D eigenvalue weighted by atomic mass is 9.96. The molecule has 0 aliphatic carbocycles. The molecule has 0 amide bonds. The molecule has 2 aromatic rings. The van der Waals surface area contributed by atoms with Crippen LogP contribution in [0.15, 0.2) is 42.7 Å². The van der Waals surface area contributed by atoms with Gasteiger partial charge >= 0.3 is 0 Å². The molecule has 0 unspecified atom stereocenters. The number of para-hydroxylation sites is 1. The molecule has 126 valence electrons. The molecule has 0 radical (unpaired) electrons. The number of rotatable bonds is 5. The highest BCUT2D eigenvalue weighted by Gasteiger charge is 2.21. The van der Waals surface area contributed by atoms with Crippen LogP contribution in [0.25, 0.3) is 0 Å². The summed E-state index contributed by atoms with van der Waals surface area (Å²) in [5, 5.41) is 14.5. The summed E-state index contributed by atoms with van der Waals surface area (Å²) in [5.41, 5.74) is 2.94. The Labute approximate surface area is 141 Å². The number of benzene rings is 1. The van der Waals surface area contributed by atoms with Crippen molar-refractivity contribution in [1.29, 1.82) is 0 Å². The van der Waals surface area contributed by atoms with Crippen molar-refractivity contribution >= 4 is 17.1 Å². The van der Waals surface area contributed by atoms with Gasteiger partial charge < -0.3 is 10.2 Å². The zero-order valence-corrected chi connectivity index (χ0v) is 13.8. The average Bonchev–Trinajstić information content (AvgIpc) is 2.61. The van der Waals surface area contributed by atoms with E-state index in [1.807, 2.05) is 37.5 Å². The number of aromatic nitrogens is 1. The highest BCUT2D eigenvalue weighted by molar-refractivity contribution is 5.66. The van der Waals surface area contributed by atoms with E-state index >= 15 is 0 Å². The van der Waals surface area contributed by atoms with Gasteiger partial charge in [0.15, 0.2) is 0 Å². The fourth-order valence-corrected chi connectivity index (χ4v) is 3.23. The van der Waals surface area contributed by atoms with Crippen molar-refractivity contribution in [2.45, 2.75) is 19.8 Å². The molecular formula is C18H22N4O2. The summed E-state index contributed by atoms with van der Waals surface area (Å²) in [6, 6.07) is 9.26. The molecule has 1 aliphatic heterocycles. The van der Waals surface area contributed by atoms with E-state index in [4.69, 9.17) is 0 Å². The van der Waals surface area contributed by atoms with Gasteiger partial charge in [0.25, 0.3) is 5.69 Å². The Bertz CT molecular complexity index is 697.